The Morgan fingerprint density at radius 2 is 0.897 bits per heavy atom. The van der Waals surface area contributed by atoms with Crippen molar-refractivity contribution in [1.82, 2.24) is 15.0 Å². The molecule has 11 rings (SSSR count). The molecule has 3 nitrogen and oxygen atoms in total. The van der Waals surface area contributed by atoms with Gasteiger partial charge < -0.3 is 0 Å². The first-order valence-electron chi connectivity index (χ1n) is 19.6. The molecule has 0 unspecified atom stereocenters. The lowest BCUT2D eigenvalue weighted by atomic mass is 9.92. The minimum atomic E-state index is 0.663. The summed E-state index contributed by atoms with van der Waals surface area (Å²) in [5.41, 5.74) is 15.5. The summed E-state index contributed by atoms with van der Waals surface area (Å²) in [6.07, 6.45) is 3.28. The second-order valence-corrected chi connectivity index (χ2v) is 15.9. The third-order valence-corrected chi connectivity index (χ3v) is 12.3. The fourth-order valence-electron chi connectivity index (χ4n) is 8.23. The number of aromatic nitrogens is 3. The molecular weight excluding hydrogens is 723 g/mol. The highest BCUT2D eigenvalue weighted by Crippen LogP contribution is 2.41. The molecule has 0 saturated heterocycles. The molecule has 1 aliphatic carbocycles. The van der Waals surface area contributed by atoms with Crippen molar-refractivity contribution in [2.75, 3.05) is 0 Å². The molecule has 272 valence electrons. The molecule has 0 N–H and O–H groups in total. The standard InChI is InChI=1S/C54H35N3S/c1-4-13-35(14-5-1)45-30-42-19-10-11-22-46(42)48-32-40(23-24-43(48)31-45)38-20-12-21-39(29-38)41-25-27-47-49-33-44(26-28-50(49)58-51(47)34-41)54-56-52(36-15-6-2-7-16-36)55-53(57-54)37-17-8-3-9-18-37/h1-29,31-34H,30H2. The van der Waals surface area contributed by atoms with E-state index in [2.05, 4.69) is 140 Å². The van der Waals surface area contributed by atoms with Crippen LogP contribution in [0.3, 0.4) is 0 Å². The molecule has 10 aromatic rings. The number of thiophene rings is 1. The first-order valence-corrected chi connectivity index (χ1v) is 20.4. The summed E-state index contributed by atoms with van der Waals surface area (Å²) in [5, 5.41) is 2.44. The van der Waals surface area contributed by atoms with Gasteiger partial charge in [0.25, 0.3) is 0 Å². The molecular formula is C54H35N3S. The number of allylic oxidation sites excluding steroid dienone is 1. The van der Waals surface area contributed by atoms with Crippen molar-refractivity contribution in [3.8, 4) is 67.5 Å². The number of benzene rings is 8. The highest BCUT2D eigenvalue weighted by molar-refractivity contribution is 7.25. The average Bonchev–Trinajstić information content (AvgIpc) is 3.58. The predicted octanol–water partition coefficient (Wildman–Crippen LogP) is 14.3. The number of nitrogens with zero attached hydrogens (tertiary/aromatic N) is 3. The Labute approximate surface area is 341 Å². The lowest BCUT2D eigenvalue weighted by Gasteiger charge is -2.12. The average molecular weight is 758 g/mol. The molecule has 1 aliphatic rings. The van der Waals surface area contributed by atoms with Crippen LogP contribution in [0, 0.1) is 0 Å². The maximum atomic E-state index is 4.99. The Morgan fingerprint density at radius 3 is 1.60 bits per heavy atom. The Kier molecular flexibility index (Phi) is 8.41. The molecule has 58 heavy (non-hydrogen) atoms. The van der Waals surface area contributed by atoms with Crippen LogP contribution >= 0.6 is 11.3 Å². The third-order valence-electron chi connectivity index (χ3n) is 11.2. The highest BCUT2D eigenvalue weighted by atomic mass is 32.1. The Balaban J connectivity index is 0.950. The van der Waals surface area contributed by atoms with E-state index in [-0.39, 0.29) is 0 Å². The lowest BCUT2D eigenvalue weighted by molar-refractivity contribution is 1.07. The molecule has 0 spiro atoms. The zero-order valence-corrected chi connectivity index (χ0v) is 32.3. The maximum Gasteiger partial charge on any atom is 0.164 e. The van der Waals surface area contributed by atoms with Gasteiger partial charge in [-0.25, -0.2) is 15.0 Å². The van der Waals surface area contributed by atoms with Crippen LogP contribution in [-0.4, -0.2) is 15.0 Å². The van der Waals surface area contributed by atoms with Gasteiger partial charge in [0.2, 0.25) is 0 Å². The Hall–Kier alpha value is -7.27. The van der Waals surface area contributed by atoms with Crippen LogP contribution in [0.1, 0.15) is 16.7 Å². The summed E-state index contributed by atoms with van der Waals surface area (Å²) in [4.78, 5) is 14.9. The van der Waals surface area contributed by atoms with Crippen molar-refractivity contribution in [3.05, 3.63) is 211 Å². The fraction of sp³-hybridized carbons (Fsp3) is 0.0185. The predicted molar refractivity (Wildman–Crippen MR) is 243 cm³/mol. The van der Waals surface area contributed by atoms with Crippen LogP contribution in [0.4, 0.5) is 0 Å². The maximum absolute atomic E-state index is 4.99. The van der Waals surface area contributed by atoms with Gasteiger partial charge in [0.1, 0.15) is 0 Å². The number of hydrogen-bond acceptors (Lipinski definition) is 4. The first kappa shape index (κ1) is 34.0. The largest absolute Gasteiger partial charge is 0.208 e. The van der Waals surface area contributed by atoms with E-state index < -0.39 is 0 Å². The SMILES string of the molecule is C1=C(c2ccccc2)Cc2ccccc2-c2cc(-c3cccc(-c4ccc5c(c4)sc4ccc(-c6nc(-c7ccccc7)nc(-c7ccccc7)n6)cc45)c3)ccc21. The van der Waals surface area contributed by atoms with Gasteiger partial charge in [0.15, 0.2) is 17.5 Å². The van der Waals surface area contributed by atoms with Gasteiger partial charge in [0.05, 0.1) is 0 Å². The van der Waals surface area contributed by atoms with E-state index in [9.17, 15) is 0 Å². The Bertz CT molecular complexity index is 3130. The number of rotatable bonds is 6. The molecule has 0 atom stereocenters. The molecule has 8 aromatic carbocycles. The van der Waals surface area contributed by atoms with Gasteiger partial charge in [-0.2, -0.15) is 0 Å². The van der Waals surface area contributed by atoms with E-state index in [1.807, 2.05) is 72.0 Å². The summed E-state index contributed by atoms with van der Waals surface area (Å²) < 4.78 is 2.49. The van der Waals surface area contributed by atoms with Crippen molar-refractivity contribution < 1.29 is 0 Å². The Morgan fingerprint density at radius 1 is 0.345 bits per heavy atom. The van der Waals surface area contributed by atoms with Gasteiger partial charge in [-0.05, 0) is 98.5 Å². The van der Waals surface area contributed by atoms with Crippen molar-refractivity contribution in [1.29, 1.82) is 0 Å². The summed E-state index contributed by atoms with van der Waals surface area (Å²) in [5.74, 6) is 1.99. The quantitative estimate of drug-likeness (QED) is 0.170. The molecule has 2 aromatic heterocycles. The van der Waals surface area contributed by atoms with E-state index in [0.717, 1.165) is 23.1 Å². The summed E-state index contributed by atoms with van der Waals surface area (Å²) in [6.45, 7) is 0. The summed E-state index contributed by atoms with van der Waals surface area (Å²) in [7, 11) is 0. The zero-order valence-electron chi connectivity index (χ0n) is 31.5. The van der Waals surface area contributed by atoms with E-state index in [4.69, 9.17) is 15.0 Å². The number of fused-ring (bicyclic) bond motifs is 6. The van der Waals surface area contributed by atoms with Gasteiger partial charge in [-0.1, -0.05) is 164 Å². The molecule has 0 radical (unpaired) electrons. The molecule has 0 amide bonds. The van der Waals surface area contributed by atoms with E-state index in [1.54, 1.807) is 0 Å². The molecule has 0 bridgehead atoms. The van der Waals surface area contributed by atoms with Crippen LogP contribution in [0.25, 0.3) is 99.4 Å². The summed E-state index contributed by atoms with van der Waals surface area (Å²) >= 11 is 1.83. The van der Waals surface area contributed by atoms with Crippen LogP contribution in [0.2, 0.25) is 0 Å². The van der Waals surface area contributed by atoms with Crippen molar-refractivity contribution in [3.63, 3.8) is 0 Å². The number of hydrogen-bond donors (Lipinski definition) is 0. The third kappa shape index (κ3) is 6.30. The lowest BCUT2D eigenvalue weighted by Crippen LogP contribution is -2.00. The second kappa shape index (κ2) is 14.3. The monoisotopic (exact) mass is 757 g/mol. The van der Waals surface area contributed by atoms with Gasteiger partial charge >= 0.3 is 0 Å². The van der Waals surface area contributed by atoms with Crippen LogP contribution < -0.4 is 0 Å². The smallest absolute Gasteiger partial charge is 0.164 e. The highest BCUT2D eigenvalue weighted by Gasteiger charge is 2.18. The first-order chi connectivity index (χ1) is 28.7. The van der Waals surface area contributed by atoms with Crippen molar-refractivity contribution in [2.45, 2.75) is 6.42 Å². The summed E-state index contributed by atoms with van der Waals surface area (Å²) in [6, 6.07) is 69.2. The minimum absolute atomic E-state index is 0.663. The van der Waals surface area contributed by atoms with Crippen molar-refractivity contribution in [2.24, 2.45) is 0 Å². The van der Waals surface area contributed by atoms with Gasteiger partial charge in [0, 0.05) is 36.9 Å². The topological polar surface area (TPSA) is 38.7 Å². The van der Waals surface area contributed by atoms with E-state index >= 15 is 0 Å². The fourth-order valence-corrected chi connectivity index (χ4v) is 9.35. The molecule has 0 fully saturated rings. The van der Waals surface area contributed by atoms with Crippen LogP contribution in [-0.2, 0) is 6.42 Å². The van der Waals surface area contributed by atoms with Crippen LogP contribution in [0.5, 0.6) is 0 Å². The molecule has 0 saturated carbocycles. The van der Waals surface area contributed by atoms with Crippen LogP contribution in [0.15, 0.2) is 194 Å². The normalized spacial score (nSPS) is 12.2. The zero-order chi connectivity index (χ0) is 38.4. The van der Waals surface area contributed by atoms with Gasteiger partial charge in [-0.15, -0.1) is 11.3 Å². The minimum Gasteiger partial charge on any atom is -0.208 e. The van der Waals surface area contributed by atoms with E-state index in [1.165, 1.54) is 75.8 Å². The van der Waals surface area contributed by atoms with E-state index in [0.29, 0.717) is 17.5 Å². The second-order valence-electron chi connectivity index (χ2n) is 14.8. The van der Waals surface area contributed by atoms with Crippen molar-refractivity contribution >= 4 is 43.2 Å². The van der Waals surface area contributed by atoms with Gasteiger partial charge in [-0.3, -0.25) is 0 Å². The molecule has 2 heterocycles. The molecule has 0 aliphatic heterocycles. The molecule has 4 heteroatoms.